The van der Waals surface area contributed by atoms with Gasteiger partial charge in [0.05, 0.1) is 6.04 Å². The van der Waals surface area contributed by atoms with Crippen LogP contribution in [0.15, 0.2) is 48.8 Å². The van der Waals surface area contributed by atoms with Crippen molar-refractivity contribution in [1.29, 1.82) is 0 Å². The van der Waals surface area contributed by atoms with Crippen LogP contribution in [0.1, 0.15) is 24.5 Å². The minimum absolute atomic E-state index is 0.0574. The summed E-state index contributed by atoms with van der Waals surface area (Å²) in [5.41, 5.74) is 1.78. The fourth-order valence-electron chi connectivity index (χ4n) is 3.16. The minimum atomic E-state index is -0.312. The maximum atomic E-state index is 13.2. The predicted octanol–water partition coefficient (Wildman–Crippen LogP) is 2.55. The molecule has 0 radical (unpaired) electrons. The van der Waals surface area contributed by atoms with Gasteiger partial charge in [-0.25, -0.2) is 9.18 Å². The van der Waals surface area contributed by atoms with Gasteiger partial charge in [0.15, 0.2) is 0 Å². The Hall–Kier alpha value is -2.96. The molecule has 1 aromatic heterocycles. The van der Waals surface area contributed by atoms with E-state index >= 15 is 0 Å². The van der Waals surface area contributed by atoms with Crippen LogP contribution in [0.2, 0.25) is 0 Å². The Morgan fingerprint density at radius 3 is 2.41 bits per heavy atom. The van der Waals surface area contributed by atoms with Crippen molar-refractivity contribution >= 4 is 11.9 Å². The van der Waals surface area contributed by atoms with Crippen molar-refractivity contribution in [3.05, 3.63) is 65.7 Å². The Morgan fingerprint density at radius 1 is 1.19 bits per heavy atom. The van der Waals surface area contributed by atoms with E-state index in [0.29, 0.717) is 32.6 Å². The Morgan fingerprint density at radius 2 is 1.81 bits per heavy atom. The van der Waals surface area contributed by atoms with E-state index in [1.165, 1.54) is 12.1 Å². The molecule has 1 unspecified atom stereocenters. The average molecular weight is 370 g/mol. The molecule has 1 N–H and O–H groups in total. The van der Waals surface area contributed by atoms with Gasteiger partial charge in [0.25, 0.3) is 0 Å². The van der Waals surface area contributed by atoms with Gasteiger partial charge in [-0.1, -0.05) is 12.1 Å². The summed E-state index contributed by atoms with van der Waals surface area (Å²) >= 11 is 0. The standard InChI is InChI=1S/C20H23FN4O2/c1-2-24-14-18(11-19(24)26)23-20(27)25(13-16-7-9-22-10-8-16)12-15-3-5-17(21)6-4-15/h3-10,18H,2,11-14H2,1H3,(H,23,27). The van der Waals surface area contributed by atoms with Crippen molar-refractivity contribution in [3.8, 4) is 0 Å². The number of hydrogen-bond acceptors (Lipinski definition) is 3. The first-order valence-corrected chi connectivity index (χ1v) is 9.01. The number of likely N-dealkylation sites (N-methyl/N-ethyl adjacent to an activating group) is 1. The van der Waals surface area contributed by atoms with Crippen LogP contribution in [0, 0.1) is 5.82 Å². The van der Waals surface area contributed by atoms with Gasteiger partial charge >= 0.3 is 6.03 Å². The van der Waals surface area contributed by atoms with Crippen LogP contribution in [0.3, 0.4) is 0 Å². The van der Waals surface area contributed by atoms with Crippen LogP contribution in [-0.2, 0) is 17.9 Å². The third-order valence-electron chi connectivity index (χ3n) is 4.62. The van der Waals surface area contributed by atoms with E-state index in [1.807, 2.05) is 19.1 Å². The highest BCUT2D eigenvalue weighted by Crippen LogP contribution is 2.14. The number of nitrogens with zero attached hydrogens (tertiary/aromatic N) is 3. The van der Waals surface area contributed by atoms with Crippen LogP contribution in [-0.4, -0.2) is 45.9 Å². The molecule has 27 heavy (non-hydrogen) atoms. The first kappa shape index (κ1) is 18.8. The summed E-state index contributed by atoms with van der Waals surface area (Å²) in [6, 6.07) is 9.36. The highest BCUT2D eigenvalue weighted by Gasteiger charge is 2.30. The predicted molar refractivity (Wildman–Crippen MR) is 99.1 cm³/mol. The molecule has 3 amide bonds. The average Bonchev–Trinajstić information content (AvgIpc) is 3.03. The van der Waals surface area contributed by atoms with Crippen LogP contribution < -0.4 is 5.32 Å². The summed E-state index contributed by atoms with van der Waals surface area (Å²) in [5, 5.41) is 2.96. The molecular formula is C20H23FN4O2. The molecule has 2 aromatic rings. The Bertz CT molecular complexity index is 782. The van der Waals surface area contributed by atoms with Gasteiger partial charge in [-0.15, -0.1) is 0 Å². The number of benzene rings is 1. The monoisotopic (exact) mass is 370 g/mol. The molecule has 2 heterocycles. The highest BCUT2D eigenvalue weighted by atomic mass is 19.1. The zero-order valence-corrected chi connectivity index (χ0v) is 15.3. The van der Waals surface area contributed by atoms with E-state index in [9.17, 15) is 14.0 Å². The molecule has 1 aliphatic heterocycles. The lowest BCUT2D eigenvalue weighted by molar-refractivity contribution is -0.127. The fraction of sp³-hybridized carbons (Fsp3) is 0.350. The molecule has 6 nitrogen and oxygen atoms in total. The molecule has 0 bridgehead atoms. The van der Waals surface area contributed by atoms with Gasteiger partial charge in [-0.3, -0.25) is 9.78 Å². The number of hydrogen-bond donors (Lipinski definition) is 1. The van der Waals surface area contributed by atoms with Crippen LogP contribution in [0.4, 0.5) is 9.18 Å². The van der Waals surface area contributed by atoms with Crippen molar-refractivity contribution < 1.29 is 14.0 Å². The molecule has 0 aliphatic carbocycles. The third kappa shape index (κ3) is 5.03. The van der Waals surface area contributed by atoms with Crippen molar-refractivity contribution in [2.45, 2.75) is 32.5 Å². The summed E-state index contributed by atoms with van der Waals surface area (Å²) in [5.74, 6) is -0.255. The van der Waals surface area contributed by atoms with Crippen molar-refractivity contribution in [2.24, 2.45) is 0 Å². The van der Waals surface area contributed by atoms with Gasteiger partial charge < -0.3 is 15.1 Å². The number of pyridine rings is 1. The number of aromatic nitrogens is 1. The lowest BCUT2D eigenvalue weighted by Crippen LogP contribution is -2.45. The van der Waals surface area contributed by atoms with Gasteiger partial charge in [0.2, 0.25) is 5.91 Å². The lowest BCUT2D eigenvalue weighted by atomic mass is 10.2. The topological polar surface area (TPSA) is 65.5 Å². The first-order chi connectivity index (χ1) is 13.0. The van der Waals surface area contributed by atoms with E-state index in [4.69, 9.17) is 0 Å². The number of halogens is 1. The maximum absolute atomic E-state index is 13.2. The lowest BCUT2D eigenvalue weighted by Gasteiger charge is -2.25. The van der Waals surface area contributed by atoms with E-state index in [0.717, 1.165) is 11.1 Å². The number of amides is 3. The molecule has 0 saturated carbocycles. The van der Waals surface area contributed by atoms with E-state index in [2.05, 4.69) is 10.3 Å². The number of urea groups is 1. The van der Waals surface area contributed by atoms with Gasteiger partial charge in [0.1, 0.15) is 5.82 Å². The Kier molecular flexibility index (Phi) is 6.01. The zero-order chi connectivity index (χ0) is 19.2. The van der Waals surface area contributed by atoms with E-state index in [-0.39, 0.29) is 23.8 Å². The van der Waals surface area contributed by atoms with Crippen molar-refractivity contribution in [3.63, 3.8) is 0 Å². The third-order valence-corrected chi connectivity index (χ3v) is 4.62. The van der Waals surface area contributed by atoms with Gasteiger partial charge in [-0.05, 0) is 42.3 Å². The molecule has 1 atom stereocenters. The number of carbonyl (C=O) groups excluding carboxylic acids is 2. The highest BCUT2D eigenvalue weighted by molar-refractivity contribution is 5.81. The molecule has 7 heteroatoms. The number of nitrogens with one attached hydrogen (secondary N) is 1. The summed E-state index contributed by atoms with van der Waals surface area (Å²) in [6.45, 7) is 3.82. The SMILES string of the molecule is CCN1CC(NC(=O)N(Cc2ccncc2)Cc2ccc(F)cc2)CC1=O. The summed E-state index contributed by atoms with van der Waals surface area (Å²) in [7, 11) is 0. The molecule has 142 valence electrons. The van der Waals surface area contributed by atoms with Crippen molar-refractivity contribution in [2.75, 3.05) is 13.1 Å². The van der Waals surface area contributed by atoms with Crippen LogP contribution in [0.5, 0.6) is 0 Å². The normalized spacial score (nSPS) is 16.4. The molecular weight excluding hydrogens is 347 g/mol. The summed E-state index contributed by atoms with van der Waals surface area (Å²) < 4.78 is 13.2. The molecule has 1 fully saturated rings. The van der Waals surface area contributed by atoms with Gasteiger partial charge in [-0.2, -0.15) is 0 Å². The van der Waals surface area contributed by atoms with Gasteiger partial charge in [0, 0.05) is 45.0 Å². The Labute approximate surface area is 158 Å². The number of rotatable bonds is 6. The summed E-state index contributed by atoms with van der Waals surface area (Å²) in [4.78, 5) is 32.2. The van der Waals surface area contributed by atoms with Crippen LogP contribution in [0.25, 0.3) is 0 Å². The molecule has 1 saturated heterocycles. The second-order valence-corrected chi connectivity index (χ2v) is 6.62. The van der Waals surface area contributed by atoms with Crippen molar-refractivity contribution in [1.82, 2.24) is 20.1 Å². The molecule has 0 spiro atoms. The number of likely N-dealkylation sites (tertiary alicyclic amines) is 1. The number of carbonyl (C=O) groups is 2. The second-order valence-electron chi connectivity index (χ2n) is 6.62. The van der Waals surface area contributed by atoms with E-state index < -0.39 is 0 Å². The first-order valence-electron chi connectivity index (χ1n) is 9.01. The van der Waals surface area contributed by atoms with E-state index in [1.54, 1.807) is 34.3 Å². The minimum Gasteiger partial charge on any atom is -0.341 e. The second kappa shape index (κ2) is 8.62. The molecule has 3 rings (SSSR count). The molecule has 1 aromatic carbocycles. The molecule has 1 aliphatic rings. The zero-order valence-electron chi connectivity index (χ0n) is 15.3. The smallest absolute Gasteiger partial charge is 0.318 e. The quantitative estimate of drug-likeness (QED) is 0.850. The maximum Gasteiger partial charge on any atom is 0.318 e. The van der Waals surface area contributed by atoms with Crippen LogP contribution >= 0.6 is 0 Å². The summed E-state index contributed by atoms with van der Waals surface area (Å²) in [6.07, 6.45) is 3.68. The Balaban J connectivity index is 1.71. The fourth-order valence-corrected chi connectivity index (χ4v) is 3.16. The largest absolute Gasteiger partial charge is 0.341 e.